The first-order valence-corrected chi connectivity index (χ1v) is 16.3. The van der Waals surface area contributed by atoms with Crippen molar-refractivity contribution in [2.24, 2.45) is 5.92 Å². The van der Waals surface area contributed by atoms with Crippen LogP contribution in [0.25, 0.3) is 0 Å². The zero-order chi connectivity index (χ0) is 32.1. The number of nitrogens with zero attached hydrogens (tertiary/aromatic N) is 3. The van der Waals surface area contributed by atoms with E-state index >= 15 is 0 Å². The maximum atomic E-state index is 14.3. The fourth-order valence-electron chi connectivity index (χ4n) is 7.10. The van der Waals surface area contributed by atoms with Gasteiger partial charge in [0.15, 0.2) is 0 Å². The van der Waals surface area contributed by atoms with Crippen LogP contribution in [0.15, 0.2) is 65.7 Å². The summed E-state index contributed by atoms with van der Waals surface area (Å²) in [6.45, 7) is 6.22. The number of rotatable bonds is 7. The van der Waals surface area contributed by atoms with Crippen LogP contribution in [0.1, 0.15) is 53.9 Å². The Morgan fingerprint density at radius 2 is 1.78 bits per heavy atom. The molecular weight excluding hydrogens is 612 g/mol. The number of amides is 1. The molecule has 3 aliphatic rings. The molecule has 2 aromatic carbocycles. The third-order valence-electron chi connectivity index (χ3n) is 9.29. The first-order valence-electron chi connectivity index (χ1n) is 14.9. The summed E-state index contributed by atoms with van der Waals surface area (Å²) < 4.78 is 89.6. The Morgan fingerprint density at radius 1 is 1.09 bits per heavy atom. The molecule has 45 heavy (non-hydrogen) atoms. The Labute approximate surface area is 259 Å². The number of anilines is 1. The van der Waals surface area contributed by atoms with Crippen LogP contribution in [-0.4, -0.2) is 62.6 Å². The minimum Gasteiger partial charge on any atom is -0.378 e. The summed E-state index contributed by atoms with van der Waals surface area (Å²) in [6.07, 6.45) is -2.13. The van der Waals surface area contributed by atoms with E-state index < -0.39 is 51.5 Å². The van der Waals surface area contributed by atoms with Crippen molar-refractivity contribution in [3.8, 4) is 0 Å². The number of aromatic nitrogens is 1. The predicted octanol–water partition coefficient (Wildman–Crippen LogP) is 5.14. The van der Waals surface area contributed by atoms with Crippen molar-refractivity contribution in [2.45, 2.75) is 61.8 Å². The Morgan fingerprint density at radius 3 is 2.38 bits per heavy atom. The molecule has 13 heteroatoms. The third-order valence-corrected chi connectivity index (χ3v) is 11.1. The number of fused-ring (bicyclic) bond motifs is 2. The van der Waals surface area contributed by atoms with Crippen molar-refractivity contribution in [3.63, 3.8) is 0 Å². The van der Waals surface area contributed by atoms with Crippen LogP contribution >= 0.6 is 0 Å². The second-order valence-corrected chi connectivity index (χ2v) is 14.1. The molecule has 1 aromatic heterocycles. The molecule has 1 N–H and O–H groups in total. The number of pyridine rings is 1. The van der Waals surface area contributed by atoms with Gasteiger partial charge in [0, 0.05) is 17.2 Å². The van der Waals surface area contributed by atoms with Gasteiger partial charge < -0.3 is 10.1 Å². The predicted molar refractivity (Wildman–Crippen MR) is 159 cm³/mol. The van der Waals surface area contributed by atoms with Crippen molar-refractivity contribution in [1.82, 2.24) is 15.2 Å². The highest BCUT2D eigenvalue weighted by Crippen LogP contribution is 2.55. The topological polar surface area (TPSA) is 91.8 Å². The Kier molecular flexibility index (Phi) is 8.15. The second-order valence-electron chi connectivity index (χ2n) is 12.2. The summed E-state index contributed by atoms with van der Waals surface area (Å²) in [7, 11) is -4.14. The van der Waals surface area contributed by atoms with Crippen molar-refractivity contribution in [1.29, 1.82) is 0 Å². The number of likely N-dealkylation sites (tertiary alicyclic amines) is 1. The van der Waals surface area contributed by atoms with E-state index in [1.807, 2.05) is 13.8 Å². The molecule has 0 bridgehead atoms. The van der Waals surface area contributed by atoms with Gasteiger partial charge in [-0.05, 0) is 92.0 Å². The van der Waals surface area contributed by atoms with E-state index in [1.165, 1.54) is 34.8 Å². The number of piperidine rings is 1. The molecular formula is C32H34F4N4O4S. The molecule has 2 saturated heterocycles. The molecule has 0 radical (unpaired) electrons. The van der Waals surface area contributed by atoms with Crippen LogP contribution in [0.4, 0.5) is 23.2 Å². The van der Waals surface area contributed by atoms with E-state index in [2.05, 4.69) is 15.2 Å². The average Bonchev–Trinajstić information content (AvgIpc) is 3.26. The van der Waals surface area contributed by atoms with Crippen molar-refractivity contribution in [2.75, 3.05) is 30.6 Å². The normalized spacial score (nSPS) is 20.3. The van der Waals surface area contributed by atoms with E-state index in [1.54, 1.807) is 12.1 Å². The molecule has 1 unspecified atom stereocenters. The molecule has 3 aliphatic heterocycles. The average molecular weight is 647 g/mol. The molecule has 6 rings (SSSR count). The number of sulfonamides is 1. The van der Waals surface area contributed by atoms with E-state index in [4.69, 9.17) is 4.74 Å². The molecule has 3 aromatic rings. The number of hydrogen-bond acceptors (Lipinski definition) is 6. The van der Waals surface area contributed by atoms with Crippen molar-refractivity contribution < 1.29 is 35.5 Å². The lowest BCUT2D eigenvalue weighted by Gasteiger charge is -2.49. The second kappa shape index (κ2) is 11.7. The number of carbonyl (C=O) groups is 1. The Bertz CT molecular complexity index is 1690. The van der Waals surface area contributed by atoms with Crippen LogP contribution in [-0.2, 0) is 32.9 Å². The lowest BCUT2D eigenvalue weighted by molar-refractivity contribution is -0.138. The van der Waals surface area contributed by atoms with E-state index in [0.29, 0.717) is 56.4 Å². The van der Waals surface area contributed by atoms with Gasteiger partial charge in [-0.25, -0.2) is 12.8 Å². The highest BCUT2D eigenvalue weighted by molar-refractivity contribution is 7.92. The Hall–Kier alpha value is -3.55. The molecule has 8 nitrogen and oxygen atoms in total. The monoisotopic (exact) mass is 646 g/mol. The number of hydrogen-bond donors (Lipinski definition) is 1. The maximum Gasteiger partial charge on any atom is 0.418 e. The zero-order valence-electron chi connectivity index (χ0n) is 24.9. The first kappa shape index (κ1) is 31.4. The SMILES string of the molecule is CC(C)C1N(S(=O)(=O)c2ccc(F)cc2)c2ccc(C(=O)NCc3ncccc3C(F)(F)F)cc2C12CCN(C1COC1)CC2. The molecule has 1 spiro atoms. The summed E-state index contributed by atoms with van der Waals surface area (Å²) in [5, 5.41) is 2.56. The van der Waals surface area contributed by atoms with E-state index in [-0.39, 0.29) is 22.1 Å². The molecule has 2 fully saturated rings. The van der Waals surface area contributed by atoms with Gasteiger partial charge >= 0.3 is 6.18 Å². The summed E-state index contributed by atoms with van der Waals surface area (Å²) in [4.78, 5) is 19.5. The molecule has 4 heterocycles. The van der Waals surface area contributed by atoms with Gasteiger partial charge in [0.25, 0.3) is 15.9 Å². The minimum atomic E-state index is -4.62. The number of benzene rings is 2. The largest absolute Gasteiger partial charge is 0.418 e. The van der Waals surface area contributed by atoms with Gasteiger partial charge in [0.2, 0.25) is 0 Å². The zero-order valence-corrected chi connectivity index (χ0v) is 25.7. The van der Waals surface area contributed by atoms with Gasteiger partial charge in [-0.3, -0.25) is 19.0 Å². The fourth-order valence-corrected chi connectivity index (χ4v) is 8.97. The van der Waals surface area contributed by atoms with Crippen LogP contribution < -0.4 is 9.62 Å². The quantitative estimate of drug-likeness (QED) is 0.358. The van der Waals surface area contributed by atoms with Gasteiger partial charge in [-0.1, -0.05) is 13.8 Å². The standard InChI is InChI=1S/C32H34F4N4O4S/c1-20(2)29-31(11-14-39(15-12-31)23-18-44-19-23)26-16-21(30(41)38-17-27-25(32(34,35)36)4-3-13-37-27)5-10-28(26)40(29)45(42,43)24-8-6-22(33)7-9-24/h3-10,13,16,20,23,29H,11-12,14-15,17-19H2,1-2H3,(H,38,41). The summed E-state index contributed by atoms with van der Waals surface area (Å²) in [6, 6.07) is 11.4. The number of nitrogens with one attached hydrogen (secondary N) is 1. The summed E-state index contributed by atoms with van der Waals surface area (Å²) >= 11 is 0. The summed E-state index contributed by atoms with van der Waals surface area (Å²) in [5.74, 6) is -1.28. The van der Waals surface area contributed by atoms with Gasteiger partial charge in [-0.2, -0.15) is 13.2 Å². The van der Waals surface area contributed by atoms with Crippen molar-refractivity contribution in [3.05, 3.63) is 89.0 Å². The number of carbonyl (C=O) groups excluding carboxylic acids is 1. The number of ether oxygens (including phenoxy) is 1. The molecule has 240 valence electrons. The number of alkyl halides is 3. The van der Waals surface area contributed by atoms with E-state index in [9.17, 15) is 30.8 Å². The van der Waals surface area contributed by atoms with Crippen molar-refractivity contribution >= 4 is 21.6 Å². The van der Waals surface area contributed by atoms with Gasteiger partial charge in [-0.15, -0.1) is 0 Å². The van der Waals surface area contributed by atoms with Crippen LogP contribution in [0, 0.1) is 11.7 Å². The fraction of sp³-hybridized carbons (Fsp3) is 0.438. The van der Waals surface area contributed by atoms with E-state index in [0.717, 1.165) is 18.2 Å². The maximum absolute atomic E-state index is 14.3. The molecule has 0 saturated carbocycles. The summed E-state index contributed by atoms with van der Waals surface area (Å²) in [5.41, 5.74) is -0.519. The minimum absolute atomic E-state index is 0.0424. The lowest BCUT2D eigenvalue weighted by Crippen LogP contribution is -2.58. The Balaban J connectivity index is 1.38. The highest BCUT2D eigenvalue weighted by atomic mass is 32.2. The van der Waals surface area contributed by atoms with Gasteiger partial charge in [0.05, 0.1) is 53.7 Å². The smallest absolute Gasteiger partial charge is 0.378 e. The first-order chi connectivity index (χ1) is 21.3. The molecule has 1 atom stereocenters. The molecule has 0 aliphatic carbocycles. The lowest BCUT2D eigenvalue weighted by atomic mass is 9.66. The van der Waals surface area contributed by atoms with Crippen LogP contribution in [0.2, 0.25) is 0 Å². The number of halogens is 4. The molecule has 1 amide bonds. The highest BCUT2D eigenvalue weighted by Gasteiger charge is 2.57. The van der Waals surface area contributed by atoms with Gasteiger partial charge in [0.1, 0.15) is 5.82 Å². The van der Waals surface area contributed by atoms with Crippen LogP contribution in [0.3, 0.4) is 0 Å². The third kappa shape index (κ3) is 5.59. The van der Waals surface area contributed by atoms with Crippen LogP contribution in [0.5, 0.6) is 0 Å².